The molecule has 0 saturated heterocycles. The molecule has 0 saturated carbocycles. The van der Waals surface area contributed by atoms with Gasteiger partial charge in [0, 0.05) is 12.1 Å². The first-order valence-electron chi connectivity index (χ1n) is 5.11. The van der Waals surface area contributed by atoms with E-state index in [2.05, 4.69) is 0 Å². The minimum absolute atomic E-state index is 0.267. The molecule has 1 aromatic carbocycles. The van der Waals surface area contributed by atoms with E-state index in [9.17, 15) is 0 Å². The van der Waals surface area contributed by atoms with Crippen molar-refractivity contribution in [1.82, 2.24) is 0 Å². The lowest BCUT2D eigenvalue weighted by Gasteiger charge is -2.28. The van der Waals surface area contributed by atoms with Gasteiger partial charge < -0.3 is 11.5 Å². The number of anilines is 1. The molecule has 2 nitrogen and oxygen atoms in total. The zero-order valence-electron chi connectivity index (χ0n) is 9.18. The zero-order valence-corrected chi connectivity index (χ0v) is 12.2. The van der Waals surface area contributed by atoms with Crippen LogP contribution in [0.3, 0.4) is 0 Å². The Morgan fingerprint density at radius 2 is 1.78 bits per heavy atom. The van der Waals surface area contributed by atoms with Crippen molar-refractivity contribution < 1.29 is 0 Å². The molecule has 1 aromatic rings. The summed E-state index contributed by atoms with van der Waals surface area (Å²) in [5, 5.41) is 0.881. The lowest BCUT2D eigenvalue weighted by Crippen LogP contribution is -2.23. The van der Waals surface area contributed by atoms with Gasteiger partial charge in [0.25, 0.3) is 0 Å². The molecule has 96 valence electrons. The van der Waals surface area contributed by atoms with Gasteiger partial charge >= 0.3 is 0 Å². The van der Waals surface area contributed by atoms with Crippen molar-refractivity contribution in [2.75, 3.05) is 5.73 Å². The van der Waals surface area contributed by atoms with E-state index in [0.29, 0.717) is 27.0 Å². The van der Waals surface area contributed by atoms with Crippen LogP contribution in [-0.2, 0) is 0 Å². The first-order chi connectivity index (χ1) is 8.31. The third kappa shape index (κ3) is 2.57. The SMILES string of the molecule is NC1=C(Cl)C=C(c2ccc(N)c(Cl)c2)C(Cl)(Cl)C1. The van der Waals surface area contributed by atoms with Gasteiger partial charge in [-0.1, -0.05) is 52.5 Å². The molecule has 0 amide bonds. The zero-order chi connectivity index (χ0) is 13.5. The second kappa shape index (κ2) is 4.86. The molecule has 6 heteroatoms. The average Bonchev–Trinajstić information content (AvgIpc) is 2.27. The predicted molar refractivity (Wildman–Crippen MR) is 80.0 cm³/mol. The highest BCUT2D eigenvalue weighted by atomic mass is 35.5. The molecule has 0 aliphatic heterocycles. The molecule has 2 rings (SSSR count). The molecule has 4 N–H and O–H groups in total. The van der Waals surface area contributed by atoms with Gasteiger partial charge in [0.2, 0.25) is 0 Å². The van der Waals surface area contributed by atoms with Crippen LogP contribution in [0.4, 0.5) is 5.69 Å². The molecule has 0 spiro atoms. The number of benzene rings is 1. The minimum Gasteiger partial charge on any atom is -0.401 e. The van der Waals surface area contributed by atoms with Crippen LogP contribution in [0.15, 0.2) is 35.0 Å². The van der Waals surface area contributed by atoms with Crippen LogP contribution in [0.25, 0.3) is 5.57 Å². The standard InChI is InChI=1S/C12H10Cl4N2/c13-8-3-6(1-2-10(8)17)7-4-9(14)11(18)5-12(7,15)16/h1-4H,5,17-18H2. The summed E-state index contributed by atoms with van der Waals surface area (Å²) in [7, 11) is 0. The van der Waals surface area contributed by atoms with Crippen molar-refractivity contribution in [2.24, 2.45) is 5.73 Å². The van der Waals surface area contributed by atoms with E-state index in [0.717, 1.165) is 5.56 Å². The number of halogens is 4. The van der Waals surface area contributed by atoms with Gasteiger partial charge in [-0.2, -0.15) is 0 Å². The fraction of sp³-hybridized carbons (Fsp3) is 0.167. The molecule has 0 unspecified atom stereocenters. The van der Waals surface area contributed by atoms with E-state index in [1.165, 1.54) is 0 Å². The van der Waals surface area contributed by atoms with Crippen molar-refractivity contribution in [3.05, 3.63) is 45.6 Å². The highest BCUT2D eigenvalue weighted by Gasteiger charge is 2.34. The van der Waals surface area contributed by atoms with Crippen LogP contribution in [0.2, 0.25) is 5.02 Å². The van der Waals surface area contributed by atoms with Crippen molar-refractivity contribution in [2.45, 2.75) is 10.8 Å². The predicted octanol–water partition coefficient (Wildman–Crippen LogP) is 4.29. The Labute approximate surface area is 125 Å². The lowest BCUT2D eigenvalue weighted by molar-refractivity contribution is 0.900. The molecule has 0 atom stereocenters. The Bertz CT molecular complexity index is 561. The van der Waals surface area contributed by atoms with Crippen LogP contribution >= 0.6 is 46.4 Å². The lowest BCUT2D eigenvalue weighted by atomic mass is 9.94. The van der Waals surface area contributed by atoms with Gasteiger partial charge in [-0.05, 0) is 29.3 Å². The molecule has 0 bridgehead atoms. The second-order valence-electron chi connectivity index (χ2n) is 4.05. The first-order valence-corrected chi connectivity index (χ1v) is 6.62. The fourth-order valence-corrected chi connectivity index (χ4v) is 2.70. The van der Waals surface area contributed by atoms with Crippen molar-refractivity contribution in [3.8, 4) is 0 Å². The molecule has 0 fully saturated rings. The molecular formula is C12H10Cl4N2. The van der Waals surface area contributed by atoms with Crippen molar-refractivity contribution in [1.29, 1.82) is 0 Å². The smallest absolute Gasteiger partial charge is 0.149 e. The quantitative estimate of drug-likeness (QED) is 0.598. The van der Waals surface area contributed by atoms with Crippen LogP contribution in [-0.4, -0.2) is 4.33 Å². The van der Waals surface area contributed by atoms with Gasteiger partial charge in [0.1, 0.15) is 4.33 Å². The van der Waals surface area contributed by atoms with Crippen molar-refractivity contribution >= 4 is 57.7 Å². The van der Waals surface area contributed by atoms with Crippen LogP contribution in [0.1, 0.15) is 12.0 Å². The van der Waals surface area contributed by atoms with Crippen LogP contribution in [0.5, 0.6) is 0 Å². The highest BCUT2D eigenvalue weighted by Crippen LogP contribution is 2.46. The number of alkyl halides is 2. The summed E-state index contributed by atoms with van der Waals surface area (Å²) in [4.78, 5) is 0. The van der Waals surface area contributed by atoms with Gasteiger partial charge in [-0.25, -0.2) is 0 Å². The molecular weight excluding hydrogens is 314 g/mol. The number of hydrogen-bond acceptors (Lipinski definition) is 2. The Morgan fingerprint density at radius 3 is 2.39 bits per heavy atom. The molecule has 1 aliphatic carbocycles. The summed E-state index contributed by atoms with van der Waals surface area (Å²) in [6.07, 6.45) is 1.92. The van der Waals surface area contributed by atoms with E-state index in [4.69, 9.17) is 57.9 Å². The fourth-order valence-electron chi connectivity index (χ4n) is 1.73. The van der Waals surface area contributed by atoms with E-state index in [1.54, 1.807) is 24.3 Å². The maximum Gasteiger partial charge on any atom is 0.149 e. The van der Waals surface area contributed by atoms with Crippen LogP contribution < -0.4 is 11.5 Å². The highest BCUT2D eigenvalue weighted by molar-refractivity contribution is 6.55. The van der Waals surface area contributed by atoms with E-state index in [1.807, 2.05) is 0 Å². The molecule has 18 heavy (non-hydrogen) atoms. The third-order valence-corrected chi connectivity index (χ3v) is 4.05. The Hall–Kier alpha value is -0.540. The maximum absolute atomic E-state index is 6.27. The minimum atomic E-state index is -1.12. The Kier molecular flexibility index (Phi) is 3.75. The molecule has 0 heterocycles. The van der Waals surface area contributed by atoms with E-state index >= 15 is 0 Å². The largest absolute Gasteiger partial charge is 0.401 e. The normalized spacial score (nSPS) is 18.8. The van der Waals surface area contributed by atoms with Gasteiger partial charge in [-0.3, -0.25) is 0 Å². The Balaban J connectivity index is 2.54. The average molecular weight is 324 g/mol. The van der Waals surface area contributed by atoms with E-state index in [-0.39, 0.29) is 6.42 Å². The summed E-state index contributed by atoms with van der Waals surface area (Å²) in [5.74, 6) is 0. The summed E-state index contributed by atoms with van der Waals surface area (Å²) in [6.45, 7) is 0. The summed E-state index contributed by atoms with van der Waals surface area (Å²) < 4.78 is -1.12. The van der Waals surface area contributed by atoms with Crippen LogP contribution in [0, 0.1) is 0 Å². The summed E-state index contributed by atoms with van der Waals surface area (Å²) in [6, 6.07) is 5.18. The third-order valence-electron chi connectivity index (χ3n) is 2.70. The van der Waals surface area contributed by atoms with Gasteiger partial charge in [0.15, 0.2) is 0 Å². The molecule has 0 radical (unpaired) electrons. The number of nitrogens with two attached hydrogens (primary N) is 2. The Morgan fingerprint density at radius 1 is 1.11 bits per heavy atom. The van der Waals surface area contributed by atoms with E-state index < -0.39 is 4.33 Å². The first kappa shape index (κ1) is 13.9. The number of allylic oxidation sites excluding steroid dienone is 4. The number of nitrogen functional groups attached to an aromatic ring is 1. The summed E-state index contributed by atoms with van der Waals surface area (Å²) >= 11 is 24.5. The topological polar surface area (TPSA) is 52.0 Å². The number of rotatable bonds is 1. The maximum atomic E-state index is 6.27. The number of hydrogen-bond donors (Lipinski definition) is 2. The monoisotopic (exact) mass is 322 g/mol. The molecule has 1 aliphatic rings. The van der Waals surface area contributed by atoms with Gasteiger partial charge in [0.05, 0.1) is 15.7 Å². The summed E-state index contributed by atoms with van der Waals surface area (Å²) in [5.41, 5.74) is 13.8. The van der Waals surface area contributed by atoms with Gasteiger partial charge in [-0.15, -0.1) is 0 Å². The van der Waals surface area contributed by atoms with Crippen molar-refractivity contribution in [3.63, 3.8) is 0 Å². The molecule has 0 aromatic heterocycles. The second-order valence-corrected chi connectivity index (χ2v) is 6.35.